The second-order valence-electron chi connectivity index (χ2n) is 10.6. The molecule has 8 rings (SSSR count). The van der Waals surface area contributed by atoms with Gasteiger partial charge in [-0.3, -0.25) is 0 Å². The zero-order valence-electron chi connectivity index (χ0n) is 22.9. The molecule has 0 aliphatic carbocycles. The van der Waals surface area contributed by atoms with Gasteiger partial charge in [-0.25, -0.2) is 0 Å². The van der Waals surface area contributed by atoms with Crippen molar-refractivity contribution >= 4 is 44.1 Å². The van der Waals surface area contributed by atoms with Crippen LogP contribution in [0.2, 0.25) is 0 Å². The molecule has 0 fully saturated rings. The fourth-order valence-electron chi connectivity index (χ4n) is 6.05. The smallest absolute Gasteiger partial charge is 0.159 e. The third-order valence-corrected chi connectivity index (χ3v) is 8.06. The standard InChI is InChI=1S/C40H27NO/c1-4-13-27(14-5-1)30-23-24-36(35(25-30)29-17-8-3-9-18-29)41-37-26-31-19-10-11-20-32(31)38-34-22-12-21-33(39(34)42-40(37)38)28-15-6-2-7-16-28/h1-26,41H. The normalized spacial score (nSPS) is 11.3. The summed E-state index contributed by atoms with van der Waals surface area (Å²) in [5.74, 6) is 0. The molecular formula is C40H27NO. The Hall–Kier alpha value is -5.60. The van der Waals surface area contributed by atoms with Crippen molar-refractivity contribution in [3.05, 3.63) is 158 Å². The fraction of sp³-hybridized carbons (Fsp3) is 0. The highest BCUT2D eigenvalue weighted by Gasteiger charge is 2.19. The summed E-state index contributed by atoms with van der Waals surface area (Å²) in [5, 5.41) is 8.41. The van der Waals surface area contributed by atoms with Gasteiger partial charge in [-0.15, -0.1) is 0 Å². The van der Waals surface area contributed by atoms with E-state index >= 15 is 0 Å². The van der Waals surface area contributed by atoms with Crippen LogP contribution >= 0.6 is 0 Å². The van der Waals surface area contributed by atoms with Crippen LogP contribution in [-0.4, -0.2) is 0 Å². The van der Waals surface area contributed by atoms with Gasteiger partial charge in [-0.05, 0) is 51.2 Å². The first kappa shape index (κ1) is 24.2. The van der Waals surface area contributed by atoms with E-state index in [0.717, 1.165) is 55.6 Å². The van der Waals surface area contributed by atoms with Crippen LogP contribution in [0.5, 0.6) is 0 Å². The number of rotatable bonds is 5. The third-order valence-electron chi connectivity index (χ3n) is 8.06. The molecule has 0 atom stereocenters. The monoisotopic (exact) mass is 537 g/mol. The van der Waals surface area contributed by atoms with Gasteiger partial charge in [-0.2, -0.15) is 0 Å². The van der Waals surface area contributed by atoms with Crippen molar-refractivity contribution in [1.29, 1.82) is 0 Å². The molecule has 7 aromatic carbocycles. The summed E-state index contributed by atoms with van der Waals surface area (Å²) in [6, 6.07) is 55.4. The maximum Gasteiger partial charge on any atom is 0.159 e. The summed E-state index contributed by atoms with van der Waals surface area (Å²) in [5.41, 5.74) is 10.6. The van der Waals surface area contributed by atoms with Crippen LogP contribution in [0, 0.1) is 0 Å². The highest BCUT2D eigenvalue weighted by atomic mass is 16.3. The van der Waals surface area contributed by atoms with E-state index in [4.69, 9.17) is 4.42 Å². The third kappa shape index (κ3) is 4.13. The molecule has 198 valence electrons. The lowest BCUT2D eigenvalue weighted by molar-refractivity contribution is 0.671. The minimum atomic E-state index is 0.859. The summed E-state index contributed by atoms with van der Waals surface area (Å²) in [4.78, 5) is 0. The van der Waals surface area contributed by atoms with Crippen molar-refractivity contribution in [2.24, 2.45) is 0 Å². The average molecular weight is 538 g/mol. The lowest BCUT2D eigenvalue weighted by Crippen LogP contribution is -1.95. The highest BCUT2D eigenvalue weighted by molar-refractivity contribution is 6.24. The Morgan fingerprint density at radius 2 is 1.00 bits per heavy atom. The van der Waals surface area contributed by atoms with E-state index in [1.54, 1.807) is 0 Å². The van der Waals surface area contributed by atoms with Gasteiger partial charge in [0, 0.05) is 27.6 Å². The quantitative estimate of drug-likeness (QED) is 0.236. The molecule has 2 nitrogen and oxygen atoms in total. The van der Waals surface area contributed by atoms with E-state index in [2.05, 4.69) is 157 Å². The SMILES string of the molecule is c1ccc(-c2ccc(Nc3cc4ccccc4c4c3oc3c(-c5ccccc5)cccc34)c(-c3ccccc3)c2)cc1. The van der Waals surface area contributed by atoms with Crippen LogP contribution in [0.25, 0.3) is 66.1 Å². The summed E-state index contributed by atoms with van der Waals surface area (Å²) >= 11 is 0. The number of hydrogen-bond acceptors (Lipinski definition) is 2. The van der Waals surface area contributed by atoms with Gasteiger partial charge in [0.15, 0.2) is 5.58 Å². The lowest BCUT2D eigenvalue weighted by atomic mass is 9.96. The molecule has 42 heavy (non-hydrogen) atoms. The second-order valence-corrected chi connectivity index (χ2v) is 10.6. The van der Waals surface area contributed by atoms with Crippen LogP contribution < -0.4 is 5.32 Å². The largest absolute Gasteiger partial charge is 0.453 e. The lowest BCUT2D eigenvalue weighted by Gasteiger charge is -2.16. The van der Waals surface area contributed by atoms with Crippen LogP contribution in [0.3, 0.4) is 0 Å². The van der Waals surface area contributed by atoms with Gasteiger partial charge in [0.2, 0.25) is 0 Å². The van der Waals surface area contributed by atoms with Gasteiger partial charge in [-0.1, -0.05) is 140 Å². The second kappa shape index (κ2) is 10.1. The number of anilines is 2. The predicted octanol–water partition coefficient (Wildman–Crippen LogP) is 11.5. The molecule has 0 bridgehead atoms. The Kier molecular flexibility index (Phi) is 5.82. The number of fused-ring (bicyclic) bond motifs is 5. The van der Waals surface area contributed by atoms with Crippen molar-refractivity contribution < 1.29 is 4.42 Å². The van der Waals surface area contributed by atoms with Gasteiger partial charge in [0.25, 0.3) is 0 Å². The Balaban J connectivity index is 1.36. The predicted molar refractivity (Wildman–Crippen MR) is 177 cm³/mol. The molecule has 1 N–H and O–H groups in total. The first-order chi connectivity index (χ1) is 20.8. The molecule has 0 unspecified atom stereocenters. The fourth-order valence-corrected chi connectivity index (χ4v) is 6.05. The van der Waals surface area contributed by atoms with E-state index in [9.17, 15) is 0 Å². The number of nitrogens with one attached hydrogen (secondary N) is 1. The van der Waals surface area contributed by atoms with E-state index in [1.165, 1.54) is 21.9 Å². The molecule has 1 heterocycles. The summed E-state index contributed by atoms with van der Waals surface area (Å²) < 4.78 is 6.83. The molecule has 0 aliphatic heterocycles. The summed E-state index contributed by atoms with van der Waals surface area (Å²) in [7, 11) is 0. The molecular weight excluding hydrogens is 510 g/mol. The average Bonchev–Trinajstić information content (AvgIpc) is 3.47. The Labute approximate surface area is 244 Å². The van der Waals surface area contributed by atoms with Crippen LogP contribution in [0.4, 0.5) is 11.4 Å². The van der Waals surface area contributed by atoms with E-state index in [1.807, 2.05) is 6.07 Å². The summed E-state index contributed by atoms with van der Waals surface area (Å²) in [6.45, 7) is 0. The molecule has 1 aromatic heterocycles. The maximum absolute atomic E-state index is 6.83. The van der Waals surface area contributed by atoms with Crippen LogP contribution in [0.1, 0.15) is 0 Å². The molecule has 8 aromatic rings. The number of furan rings is 1. The van der Waals surface area contributed by atoms with Crippen molar-refractivity contribution in [1.82, 2.24) is 0 Å². The first-order valence-corrected chi connectivity index (χ1v) is 14.3. The molecule has 0 aliphatic rings. The van der Waals surface area contributed by atoms with Gasteiger partial charge in [0.05, 0.1) is 5.69 Å². The Bertz CT molecular complexity index is 2200. The Morgan fingerprint density at radius 1 is 0.381 bits per heavy atom. The van der Waals surface area contributed by atoms with Gasteiger partial charge in [0.1, 0.15) is 5.58 Å². The maximum atomic E-state index is 6.83. The van der Waals surface area contributed by atoms with Crippen LogP contribution in [-0.2, 0) is 0 Å². The molecule has 0 saturated carbocycles. The zero-order valence-corrected chi connectivity index (χ0v) is 22.9. The number of hydrogen-bond donors (Lipinski definition) is 1. The first-order valence-electron chi connectivity index (χ1n) is 14.3. The van der Waals surface area contributed by atoms with Crippen molar-refractivity contribution in [3.63, 3.8) is 0 Å². The van der Waals surface area contributed by atoms with E-state index in [0.29, 0.717) is 0 Å². The topological polar surface area (TPSA) is 25.2 Å². The molecule has 0 saturated heterocycles. The van der Waals surface area contributed by atoms with E-state index in [-0.39, 0.29) is 0 Å². The van der Waals surface area contributed by atoms with Crippen molar-refractivity contribution in [2.45, 2.75) is 0 Å². The number of benzene rings is 7. The minimum Gasteiger partial charge on any atom is -0.453 e. The van der Waals surface area contributed by atoms with Crippen molar-refractivity contribution in [2.75, 3.05) is 5.32 Å². The van der Waals surface area contributed by atoms with Gasteiger partial charge >= 0.3 is 0 Å². The Morgan fingerprint density at radius 3 is 1.74 bits per heavy atom. The highest BCUT2D eigenvalue weighted by Crippen LogP contribution is 2.44. The summed E-state index contributed by atoms with van der Waals surface area (Å²) in [6.07, 6.45) is 0. The number of para-hydroxylation sites is 1. The zero-order chi connectivity index (χ0) is 27.9. The molecule has 0 radical (unpaired) electrons. The minimum absolute atomic E-state index is 0.859. The molecule has 2 heteroatoms. The van der Waals surface area contributed by atoms with Gasteiger partial charge < -0.3 is 9.73 Å². The molecule has 0 amide bonds. The van der Waals surface area contributed by atoms with Crippen LogP contribution in [0.15, 0.2) is 162 Å². The van der Waals surface area contributed by atoms with E-state index < -0.39 is 0 Å². The van der Waals surface area contributed by atoms with Crippen molar-refractivity contribution in [3.8, 4) is 33.4 Å². The molecule has 0 spiro atoms.